The van der Waals surface area contributed by atoms with Gasteiger partial charge in [-0.05, 0) is 43.2 Å². The maximum absolute atomic E-state index is 12.2. The van der Waals surface area contributed by atoms with Gasteiger partial charge >= 0.3 is 12.0 Å². The number of imide groups is 1. The molecule has 0 fully saturated rings. The Morgan fingerprint density at radius 1 is 1.10 bits per heavy atom. The number of carbonyl (C=O) groups excluding carboxylic acids is 3. The number of rotatable bonds is 10. The van der Waals surface area contributed by atoms with E-state index in [-0.39, 0.29) is 12.1 Å². The summed E-state index contributed by atoms with van der Waals surface area (Å²) in [5.74, 6) is 0.316. The molecule has 0 aliphatic heterocycles. The smallest absolute Gasteiger partial charge is 0.338 e. The number of nitrogens with one attached hydrogen (secondary N) is 2. The molecule has 0 bridgehead atoms. The molecule has 9 nitrogen and oxygen atoms in total. The molecule has 162 valence electrons. The van der Waals surface area contributed by atoms with Crippen molar-refractivity contribution in [2.75, 3.05) is 19.8 Å². The topological polar surface area (TPSA) is 116 Å². The lowest BCUT2D eigenvalue weighted by atomic mass is 10.2. The lowest BCUT2D eigenvalue weighted by Gasteiger charge is -2.14. The van der Waals surface area contributed by atoms with Crippen molar-refractivity contribution in [3.8, 4) is 11.5 Å². The van der Waals surface area contributed by atoms with E-state index in [1.807, 2.05) is 20.8 Å². The van der Waals surface area contributed by atoms with Gasteiger partial charge in [-0.25, -0.2) is 9.59 Å². The first kappa shape index (κ1) is 22.8. The fourth-order valence-electron chi connectivity index (χ4n) is 2.28. The average Bonchev–Trinajstić information content (AvgIpc) is 3.23. The zero-order chi connectivity index (χ0) is 21.9. The van der Waals surface area contributed by atoms with E-state index >= 15 is 0 Å². The van der Waals surface area contributed by atoms with Crippen LogP contribution in [0.4, 0.5) is 4.79 Å². The first-order chi connectivity index (χ1) is 14.4. The molecule has 2 aromatic rings. The molecule has 1 heterocycles. The Labute approximate surface area is 174 Å². The third-order valence-corrected chi connectivity index (χ3v) is 3.64. The van der Waals surface area contributed by atoms with Crippen LogP contribution in [0.3, 0.4) is 0 Å². The van der Waals surface area contributed by atoms with Gasteiger partial charge in [0.1, 0.15) is 5.76 Å². The van der Waals surface area contributed by atoms with Crippen LogP contribution in [0.5, 0.6) is 11.5 Å². The molecule has 3 amide bonds. The van der Waals surface area contributed by atoms with Gasteiger partial charge in [-0.2, -0.15) is 0 Å². The minimum absolute atomic E-state index is 0.122. The number of ether oxygens (including phenoxy) is 3. The van der Waals surface area contributed by atoms with E-state index in [9.17, 15) is 14.4 Å². The molecule has 0 spiro atoms. The van der Waals surface area contributed by atoms with Gasteiger partial charge in [0.2, 0.25) is 0 Å². The van der Waals surface area contributed by atoms with Gasteiger partial charge in [-0.15, -0.1) is 0 Å². The fourth-order valence-corrected chi connectivity index (χ4v) is 2.28. The van der Waals surface area contributed by atoms with E-state index in [1.54, 1.807) is 18.2 Å². The lowest BCUT2D eigenvalue weighted by molar-refractivity contribution is -0.123. The molecule has 0 saturated carbocycles. The summed E-state index contributed by atoms with van der Waals surface area (Å²) in [4.78, 5) is 35.7. The number of amides is 3. The van der Waals surface area contributed by atoms with Crippen molar-refractivity contribution in [2.45, 2.75) is 27.3 Å². The summed E-state index contributed by atoms with van der Waals surface area (Å²) in [6.07, 6.45) is 1.47. The first-order valence-corrected chi connectivity index (χ1v) is 9.55. The monoisotopic (exact) mass is 418 g/mol. The van der Waals surface area contributed by atoms with Gasteiger partial charge < -0.3 is 23.9 Å². The highest BCUT2D eigenvalue weighted by Crippen LogP contribution is 2.29. The van der Waals surface area contributed by atoms with Crippen LogP contribution in [-0.4, -0.2) is 37.7 Å². The Morgan fingerprint density at radius 3 is 2.57 bits per heavy atom. The van der Waals surface area contributed by atoms with Crippen LogP contribution in [0, 0.1) is 5.92 Å². The van der Waals surface area contributed by atoms with Gasteiger partial charge in [0.05, 0.1) is 31.6 Å². The molecule has 2 N–H and O–H groups in total. The Morgan fingerprint density at radius 2 is 1.90 bits per heavy atom. The van der Waals surface area contributed by atoms with Crippen molar-refractivity contribution in [3.05, 3.63) is 47.9 Å². The summed E-state index contributed by atoms with van der Waals surface area (Å²) in [6.45, 7) is 6.28. The molecule has 0 atom stereocenters. The van der Waals surface area contributed by atoms with Crippen LogP contribution in [0.15, 0.2) is 41.0 Å². The largest absolute Gasteiger partial charge is 0.490 e. The second kappa shape index (κ2) is 11.5. The van der Waals surface area contributed by atoms with Crippen molar-refractivity contribution in [2.24, 2.45) is 5.92 Å². The van der Waals surface area contributed by atoms with E-state index in [2.05, 4.69) is 10.6 Å². The first-order valence-electron chi connectivity index (χ1n) is 9.55. The molecule has 0 aliphatic rings. The Hall–Kier alpha value is -3.49. The summed E-state index contributed by atoms with van der Waals surface area (Å²) >= 11 is 0. The van der Waals surface area contributed by atoms with Crippen molar-refractivity contribution in [1.29, 1.82) is 0 Å². The maximum Gasteiger partial charge on any atom is 0.338 e. The van der Waals surface area contributed by atoms with Gasteiger partial charge in [-0.1, -0.05) is 13.8 Å². The number of urea groups is 1. The summed E-state index contributed by atoms with van der Waals surface area (Å²) in [6, 6.07) is 7.27. The van der Waals surface area contributed by atoms with Gasteiger partial charge in [-0.3, -0.25) is 10.1 Å². The fraction of sp³-hybridized carbons (Fsp3) is 0.381. The zero-order valence-corrected chi connectivity index (χ0v) is 17.2. The van der Waals surface area contributed by atoms with Crippen LogP contribution in [0.1, 0.15) is 36.9 Å². The number of furan rings is 1. The van der Waals surface area contributed by atoms with E-state index in [0.29, 0.717) is 36.4 Å². The highest BCUT2D eigenvalue weighted by atomic mass is 16.5. The molecule has 30 heavy (non-hydrogen) atoms. The molecule has 0 radical (unpaired) electrons. The second-order valence-corrected chi connectivity index (χ2v) is 6.69. The van der Waals surface area contributed by atoms with Crippen LogP contribution in [-0.2, 0) is 16.1 Å². The summed E-state index contributed by atoms with van der Waals surface area (Å²) in [5, 5.41) is 4.51. The van der Waals surface area contributed by atoms with Crippen LogP contribution in [0.25, 0.3) is 0 Å². The summed E-state index contributed by atoms with van der Waals surface area (Å²) in [7, 11) is 0. The van der Waals surface area contributed by atoms with Crippen LogP contribution >= 0.6 is 0 Å². The Kier molecular flexibility index (Phi) is 8.74. The van der Waals surface area contributed by atoms with E-state index in [0.717, 1.165) is 0 Å². The summed E-state index contributed by atoms with van der Waals surface area (Å²) in [5.41, 5.74) is 0.199. The Balaban J connectivity index is 1.84. The molecular formula is C21H26N2O7. The van der Waals surface area contributed by atoms with Crippen molar-refractivity contribution >= 4 is 17.9 Å². The molecule has 0 aliphatic carbocycles. The van der Waals surface area contributed by atoms with Crippen molar-refractivity contribution < 1.29 is 33.0 Å². The normalized spacial score (nSPS) is 10.4. The number of carbonyl (C=O) groups is 3. The third kappa shape index (κ3) is 7.50. The number of hydrogen-bond donors (Lipinski definition) is 2. The predicted molar refractivity (Wildman–Crippen MR) is 107 cm³/mol. The molecule has 1 aromatic heterocycles. The Bertz CT molecular complexity index is 847. The highest BCUT2D eigenvalue weighted by Gasteiger charge is 2.16. The zero-order valence-electron chi connectivity index (χ0n) is 17.2. The molecule has 1 aromatic carbocycles. The quantitative estimate of drug-likeness (QED) is 0.570. The third-order valence-electron chi connectivity index (χ3n) is 3.64. The van der Waals surface area contributed by atoms with E-state index in [1.165, 1.54) is 18.4 Å². The number of benzene rings is 1. The molecular weight excluding hydrogens is 392 g/mol. The SMILES string of the molecule is CCOc1cc(C(=O)OCC(=O)NC(=O)NCc2ccco2)ccc1OCC(C)C. The highest BCUT2D eigenvalue weighted by molar-refractivity contribution is 5.97. The minimum Gasteiger partial charge on any atom is -0.490 e. The average molecular weight is 418 g/mol. The number of hydrogen-bond acceptors (Lipinski definition) is 7. The molecule has 0 unspecified atom stereocenters. The number of esters is 1. The van der Waals surface area contributed by atoms with E-state index in [4.69, 9.17) is 18.6 Å². The van der Waals surface area contributed by atoms with Crippen LogP contribution < -0.4 is 20.1 Å². The van der Waals surface area contributed by atoms with Crippen molar-refractivity contribution in [1.82, 2.24) is 10.6 Å². The van der Waals surface area contributed by atoms with Gasteiger partial charge in [0.25, 0.3) is 5.91 Å². The molecule has 9 heteroatoms. The lowest BCUT2D eigenvalue weighted by Crippen LogP contribution is -2.41. The van der Waals surface area contributed by atoms with Gasteiger partial charge in [0.15, 0.2) is 18.1 Å². The maximum atomic E-state index is 12.2. The van der Waals surface area contributed by atoms with Crippen molar-refractivity contribution in [3.63, 3.8) is 0 Å². The van der Waals surface area contributed by atoms with E-state index < -0.39 is 24.5 Å². The molecule has 2 rings (SSSR count). The minimum atomic E-state index is -0.762. The summed E-state index contributed by atoms with van der Waals surface area (Å²) < 4.78 is 21.2. The second-order valence-electron chi connectivity index (χ2n) is 6.69. The van der Waals surface area contributed by atoms with Crippen LogP contribution in [0.2, 0.25) is 0 Å². The molecule has 0 saturated heterocycles. The predicted octanol–water partition coefficient (Wildman–Crippen LogP) is 2.90. The standard InChI is InChI=1S/C21H26N2O7/c1-4-27-18-10-15(7-8-17(18)29-12-14(2)3)20(25)30-13-19(24)23-21(26)22-11-16-6-5-9-28-16/h5-10,14H,4,11-13H2,1-3H3,(H2,22,23,24,26). The van der Waals surface area contributed by atoms with Gasteiger partial charge in [0, 0.05) is 0 Å².